The van der Waals surface area contributed by atoms with Crippen LogP contribution < -0.4 is 5.73 Å². The number of imidazole rings is 1. The quantitative estimate of drug-likeness (QED) is 0.785. The lowest BCUT2D eigenvalue weighted by molar-refractivity contribution is 0.0698. The van der Waals surface area contributed by atoms with Gasteiger partial charge in [0.25, 0.3) is 0 Å². The highest BCUT2D eigenvalue weighted by atomic mass is 19.1. The van der Waals surface area contributed by atoms with Gasteiger partial charge in [-0.15, -0.1) is 0 Å². The summed E-state index contributed by atoms with van der Waals surface area (Å²) in [5.74, 6) is -2.16. The first-order chi connectivity index (χ1) is 9.49. The van der Waals surface area contributed by atoms with Crippen molar-refractivity contribution in [2.45, 2.75) is 0 Å². The molecule has 1 heterocycles. The minimum atomic E-state index is -1.33. The van der Waals surface area contributed by atoms with Crippen LogP contribution in [0.2, 0.25) is 0 Å². The Bertz CT molecular complexity index is 797. The summed E-state index contributed by atoms with van der Waals surface area (Å²) in [6, 6.07) is 5.23. The van der Waals surface area contributed by atoms with E-state index in [4.69, 9.17) is 21.4 Å². The number of nitriles is 2. The number of benzene rings is 1. The minimum Gasteiger partial charge on any atom is -0.478 e. The summed E-state index contributed by atoms with van der Waals surface area (Å²) in [6.07, 6.45) is 1.07. The molecule has 2 rings (SSSR count). The van der Waals surface area contributed by atoms with Gasteiger partial charge in [0.2, 0.25) is 0 Å². The fraction of sp³-hybridized carbons (Fsp3) is 0. The van der Waals surface area contributed by atoms with Crippen LogP contribution in [0.4, 0.5) is 10.1 Å². The van der Waals surface area contributed by atoms with Gasteiger partial charge in [-0.25, -0.2) is 14.2 Å². The number of carbonyl (C=O) groups is 1. The molecule has 1 aromatic heterocycles. The molecule has 0 spiro atoms. The van der Waals surface area contributed by atoms with E-state index in [1.807, 2.05) is 0 Å². The number of nitrogens with two attached hydrogens (primary N) is 1. The molecule has 20 heavy (non-hydrogen) atoms. The van der Waals surface area contributed by atoms with Gasteiger partial charge >= 0.3 is 5.97 Å². The number of hydrogen-bond acceptors (Lipinski definition) is 5. The van der Waals surface area contributed by atoms with Crippen molar-refractivity contribution in [1.29, 1.82) is 10.5 Å². The molecule has 0 bridgehead atoms. The van der Waals surface area contributed by atoms with Crippen molar-refractivity contribution >= 4 is 11.7 Å². The Kier molecular flexibility index (Phi) is 3.07. The number of hydrogen-bond donors (Lipinski definition) is 2. The van der Waals surface area contributed by atoms with E-state index in [1.54, 1.807) is 12.1 Å². The van der Waals surface area contributed by atoms with Crippen molar-refractivity contribution in [3.63, 3.8) is 0 Å². The van der Waals surface area contributed by atoms with Crippen LogP contribution in [0, 0.1) is 28.5 Å². The second kappa shape index (κ2) is 4.71. The standard InChI is InChI=1S/C12H6FN5O2/c13-7-2-8(16)6(12(19)20)1-10(7)18-5-17-9(3-14)11(18)4-15/h1-2,5H,16H2,(H,19,20). The fourth-order valence-corrected chi connectivity index (χ4v) is 1.67. The number of nitrogen functional groups attached to an aromatic ring is 1. The van der Waals surface area contributed by atoms with Gasteiger partial charge in [-0.2, -0.15) is 10.5 Å². The third-order valence-corrected chi connectivity index (χ3v) is 2.59. The van der Waals surface area contributed by atoms with Crippen LogP contribution >= 0.6 is 0 Å². The maximum absolute atomic E-state index is 13.9. The molecule has 2 aromatic rings. The van der Waals surface area contributed by atoms with Crippen LogP contribution in [0.15, 0.2) is 18.5 Å². The first-order valence-corrected chi connectivity index (χ1v) is 5.19. The van der Waals surface area contributed by atoms with Crippen molar-refractivity contribution in [3.05, 3.63) is 41.2 Å². The lowest BCUT2D eigenvalue weighted by Crippen LogP contribution is -2.07. The molecule has 8 heteroatoms. The van der Waals surface area contributed by atoms with Gasteiger partial charge in [-0.1, -0.05) is 0 Å². The SMILES string of the molecule is N#Cc1ncn(-c2cc(C(=O)O)c(N)cc2F)c1C#N. The van der Waals surface area contributed by atoms with Gasteiger partial charge in [0, 0.05) is 5.69 Å². The third-order valence-electron chi connectivity index (χ3n) is 2.59. The Morgan fingerprint density at radius 2 is 2.10 bits per heavy atom. The largest absolute Gasteiger partial charge is 0.478 e. The van der Waals surface area contributed by atoms with E-state index in [-0.39, 0.29) is 28.3 Å². The Hall–Kier alpha value is -3.39. The molecule has 0 radical (unpaired) electrons. The molecule has 0 saturated heterocycles. The van der Waals surface area contributed by atoms with E-state index < -0.39 is 11.8 Å². The van der Waals surface area contributed by atoms with Gasteiger partial charge in [0.1, 0.15) is 24.3 Å². The first-order valence-electron chi connectivity index (χ1n) is 5.19. The maximum Gasteiger partial charge on any atom is 0.337 e. The van der Waals surface area contributed by atoms with Gasteiger partial charge in [0.15, 0.2) is 11.4 Å². The Morgan fingerprint density at radius 3 is 2.65 bits per heavy atom. The number of halogens is 1. The summed E-state index contributed by atoms with van der Waals surface area (Å²) < 4.78 is 14.9. The van der Waals surface area contributed by atoms with E-state index in [0.29, 0.717) is 0 Å². The van der Waals surface area contributed by atoms with Crippen LogP contribution in [0.25, 0.3) is 5.69 Å². The molecule has 3 N–H and O–H groups in total. The Labute approximate surface area is 111 Å². The number of anilines is 1. The van der Waals surface area contributed by atoms with Crippen molar-refractivity contribution in [3.8, 4) is 17.8 Å². The molecule has 0 amide bonds. The highest BCUT2D eigenvalue weighted by molar-refractivity contribution is 5.94. The summed E-state index contributed by atoms with van der Waals surface area (Å²) >= 11 is 0. The van der Waals surface area contributed by atoms with Crippen LogP contribution in [0.3, 0.4) is 0 Å². The summed E-state index contributed by atoms with van der Waals surface area (Å²) in [6.45, 7) is 0. The lowest BCUT2D eigenvalue weighted by atomic mass is 10.1. The Morgan fingerprint density at radius 1 is 1.40 bits per heavy atom. The van der Waals surface area contributed by atoms with E-state index in [9.17, 15) is 9.18 Å². The average Bonchev–Trinajstić information content (AvgIpc) is 2.80. The third kappa shape index (κ3) is 1.91. The van der Waals surface area contributed by atoms with Crippen molar-refractivity contribution < 1.29 is 14.3 Å². The van der Waals surface area contributed by atoms with E-state index in [1.165, 1.54) is 0 Å². The number of carboxylic acid groups (broad SMARTS) is 1. The predicted octanol–water partition coefficient (Wildman–Crippen LogP) is 1.04. The van der Waals surface area contributed by atoms with Crippen LogP contribution in [0.5, 0.6) is 0 Å². The Balaban J connectivity index is 2.75. The lowest BCUT2D eigenvalue weighted by Gasteiger charge is -2.08. The number of nitrogens with zero attached hydrogens (tertiary/aromatic N) is 4. The molecule has 0 aliphatic rings. The van der Waals surface area contributed by atoms with Crippen LogP contribution in [0.1, 0.15) is 21.7 Å². The maximum atomic E-state index is 13.9. The van der Waals surface area contributed by atoms with Gasteiger partial charge in [-0.05, 0) is 12.1 Å². The summed E-state index contributed by atoms with van der Waals surface area (Å²) in [4.78, 5) is 14.6. The highest BCUT2D eigenvalue weighted by Crippen LogP contribution is 2.23. The molecule has 0 aliphatic heterocycles. The van der Waals surface area contributed by atoms with E-state index >= 15 is 0 Å². The van der Waals surface area contributed by atoms with Crippen molar-refractivity contribution in [2.24, 2.45) is 0 Å². The highest BCUT2D eigenvalue weighted by Gasteiger charge is 2.18. The number of aromatic nitrogens is 2. The molecule has 1 aromatic carbocycles. The monoisotopic (exact) mass is 271 g/mol. The normalized spacial score (nSPS) is 9.75. The number of rotatable bonds is 2. The van der Waals surface area contributed by atoms with Gasteiger partial charge in [0.05, 0.1) is 11.3 Å². The van der Waals surface area contributed by atoms with Gasteiger partial charge < -0.3 is 10.8 Å². The molecule has 0 aliphatic carbocycles. The summed E-state index contributed by atoms with van der Waals surface area (Å²) in [5, 5.41) is 26.7. The second-order valence-electron chi connectivity index (χ2n) is 3.73. The molecule has 98 valence electrons. The molecule has 7 nitrogen and oxygen atoms in total. The molecule has 0 fully saturated rings. The fourth-order valence-electron chi connectivity index (χ4n) is 1.67. The summed E-state index contributed by atoms with van der Waals surface area (Å²) in [5.41, 5.74) is 4.27. The zero-order chi connectivity index (χ0) is 14.9. The molecular weight excluding hydrogens is 265 g/mol. The second-order valence-corrected chi connectivity index (χ2v) is 3.73. The molecule has 0 atom stereocenters. The molecule has 0 unspecified atom stereocenters. The van der Waals surface area contributed by atoms with Crippen LogP contribution in [-0.4, -0.2) is 20.6 Å². The number of carboxylic acids is 1. The molecular formula is C12H6FN5O2. The number of aromatic carboxylic acids is 1. The van der Waals surface area contributed by atoms with Gasteiger partial charge in [-0.3, -0.25) is 4.57 Å². The minimum absolute atomic E-state index is 0.180. The van der Waals surface area contributed by atoms with E-state index in [0.717, 1.165) is 23.0 Å². The van der Waals surface area contributed by atoms with E-state index in [2.05, 4.69) is 4.98 Å². The average molecular weight is 271 g/mol. The predicted molar refractivity (Wildman–Crippen MR) is 64.3 cm³/mol. The zero-order valence-electron chi connectivity index (χ0n) is 9.83. The summed E-state index contributed by atoms with van der Waals surface area (Å²) in [7, 11) is 0. The topological polar surface area (TPSA) is 129 Å². The zero-order valence-corrected chi connectivity index (χ0v) is 9.83. The first kappa shape index (κ1) is 13.1. The van der Waals surface area contributed by atoms with Crippen LogP contribution in [-0.2, 0) is 0 Å². The molecule has 0 saturated carbocycles. The van der Waals surface area contributed by atoms with Crippen molar-refractivity contribution in [1.82, 2.24) is 9.55 Å². The van der Waals surface area contributed by atoms with Crippen molar-refractivity contribution in [2.75, 3.05) is 5.73 Å². The smallest absolute Gasteiger partial charge is 0.337 e.